The van der Waals surface area contributed by atoms with Crippen molar-refractivity contribution in [3.05, 3.63) is 18.2 Å². The van der Waals surface area contributed by atoms with E-state index in [1.165, 1.54) is 0 Å². The quantitative estimate of drug-likeness (QED) is 0.783. The first-order valence-electron chi connectivity index (χ1n) is 5.81. The molecule has 0 aliphatic heterocycles. The van der Waals surface area contributed by atoms with Crippen molar-refractivity contribution in [2.45, 2.75) is 58.6 Å². The normalized spacial score (nSPS) is 15.2. The Morgan fingerprint density at radius 3 is 2.73 bits per heavy atom. The first-order chi connectivity index (χ1) is 7.09. The molecule has 0 bridgehead atoms. The molecule has 1 aromatic heterocycles. The number of hydrogen-bond acceptors (Lipinski definition) is 2. The van der Waals surface area contributed by atoms with Crippen molar-refractivity contribution < 1.29 is 5.11 Å². The van der Waals surface area contributed by atoms with Crippen LogP contribution in [0.25, 0.3) is 0 Å². The van der Waals surface area contributed by atoms with Crippen LogP contribution in [0.15, 0.2) is 12.4 Å². The van der Waals surface area contributed by atoms with Gasteiger partial charge in [0.05, 0.1) is 5.60 Å². The lowest BCUT2D eigenvalue weighted by Crippen LogP contribution is -2.28. The lowest BCUT2D eigenvalue weighted by molar-refractivity contribution is 0.0477. The molecule has 0 aliphatic carbocycles. The Morgan fingerprint density at radius 1 is 1.40 bits per heavy atom. The predicted octanol–water partition coefficient (Wildman–Crippen LogP) is 2.39. The average Bonchev–Trinajstić information content (AvgIpc) is 2.52. The second kappa shape index (κ2) is 5.31. The Labute approximate surface area is 92.1 Å². The van der Waals surface area contributed by atoms with Gasteiger partial charge in [0, 0.05) is 25.4 Å². The van der Waals surface area contributed by atoms with Gasteiger partial charge < -0.3 is 9.67 Å². The summed E-state index contributed by atoms with van der Waals surface area (Å²) in [6.45, 7) is 7.11. The van der Waals surface area contributed by atoms with Crippen molar-refractivity contribution >= 4 is 0 Å². The molecule has 0 radical (unpaired) electrons. The van der Waals surface area contributed by atoms with Crippen LogP contribution in [0.3, 0.4) is 0 Å². The lowest BCUT2D eigenvalue weighted by Gasteiger charge is -2.22. The largest absolute Gasteiger partial charge is 0.390 e. The van der Waals surface area contributed by atoms with E-state index in [2.05, 4.69) is 23.4 Å². The molecule has 1 N–H and O–H groups in total. The highest BCUT2D eigenvalue weighted by Crippen LogP contribution is 2.17. The second-order valence-corrected chi connectivity index (χ2v) is 4.46. The molecule has 1 rings (SSSR count). The highest BCUT2D eigenvalue weighted by Gasteiger charge is 2.21. The molecule has 1 aromatic rings. The van der Waals surface area contributed by atoms with Gasteiger partial charge >= 0.3 is 0 Å². The van der Waals surface area contributed by atoms with Gasteiger partial charge in [0.2, 0.25) is 0 Å². The molecule has 1 atom stereocenters. The molecular formula is C12H22N2O. The molecule has 0 saturated heterocycles. The predicted molar refractivity (Wildman–Crippen MR) is 61.8 cm³/mol. The minimum absolute atomic E-state index is 0.619. The minimum atomic E-state index is -0.619. The standard InChI is InChI=1S/C12H22N2O/c1-4-6-12(3,15)10-11-13-7-9-14(11)8-5-2/h7,9,15H,4-6,8,10H2,1-3H3. The summed E-state index contributed by atoms with van der Waals surface area (Å²) in [5, 5.41) is 10.1. The number of aliphatic hydroxyl groups is 1. The smallest absolute Gasteiger partial charge is 0.111 e. The van der Waals surface area contributed by atoms with Gasteiger partial charge in [0.15, 0.2) is 0 Å². The van der Waals surface area contributed by atoms with E-state index < -0.39 is 5.60 Å². The van der Waals surface area contributed by atoms with Crippen molar-refractivity contribution in [2.75, 3.05) is 0 Å². The summed E-state index contributed by atoms with van der Waals surface area (Å²) in [6, 6.07) is 0. The third kappa shape index (κ3) is 3.67. The van der Waals surface area contributed by atoms with Crippen LogP contribution in [-0.2, 0) is 13.0 Å². The number of aryl methyl sites for hydroxylation is 1. The van der Waals surface area contributed by atoms with Gasteiger partial charge in [0.25, 0.3) is 0 Å². The van der Waals surface area contributed by atoms with Crippen LogP contribution in [-0.4, -0.2) is 20.3 Å². The van der Waals surface area contributed by atoms with Gasteiger partial charge in [-0.15, -0.1) is 0 Å². The summed E-state index contributed by atoms with van der Waals surface area (Å²) in [7, 11) is 0. The Hall–Kier alpha value is -0.830. The number of aromatic nitrogens is 2. The zero-order valence-electron chi connectivity index (χ0n) is 10.0. The third-order valence-electron chi connectivity index (χ3n) is 2.59. The second-order valence-electron chi connectivity index (χ2n) is 4.46. The molecule has 0 spiro atoms. The van der Waals surface area contributed by atoms with E-state index in [4.69, 9.17) is 0 Å². The maximum Gasteiger partial charge on any atom is 0.111 e. The van der Waals surface area contributed by atoms with Gasteiger partial charge in [-0.25, -0.2) is 4.98 Å². The van der Waals surface area contributed by atoms with Gasteiger partial charge in [-0.1, -0.05) is 20.3 Å². The first kappa shape index (κ1) is 12.2. The molecule has 0 aromatic carbocycles. The molecule has 1 unspecified atom stereocenters. The van der Waals surface area contributed by atoms with E-state index >= 15 is 0 Å². The van der Waals surface area contributed by atoms with Gasteiger partial charge in [0.1, 0.15) is 5.82 Å². The van der Waals surface area contributed by atoms with Crippen LogP contribution in [0.5, 0.6) is 0 Å². The summed E-state index contributed by atoms with van der Waals surface area (Å²) in [6.07, 6.45) is 7.37. The number of imidazole rings is 1. The van der Waals surface area contributed by atoms with Crippen molar-refractivity contribution in [1.29, 1.82) is 0 Å². The molecule has 3 nitrogen and oxygen atoms in total. The summed E-state index contributed by atoms with van der Waals surface area (Å²) < 4.78 is 2.13. The maximum atomic E-state index is 10.1. The van der Waals surface area contributed by atoms with Gasteiger partial charge in [-0.2, -0.15) is 0 Å². The SMILES string of the molecule is CCCn1ccnc1CC(C)(O)CCC. The fourth-order valence-electron chi connectivity index (χ4n) is 1.92. The van der Waals surface area contributed by atoms with Gasteiger partial charge in [-0.05, 0) is 19.8 Å². The van der Waals surface area contributed by atoms with Crippen LogP contribution < -0.4 is 0 Å². The van der Waals surface area contributed by atoms with Crippen LogP contribution >= 0.6 is 0 Å². The Kier molecular flexibility index (Phi) is 4.33. The molecule has 86 valence electrons. The van der Waals surface area contributed by atoms with E-state index in [0.717, 1.165) is 31.6 Å². The molecule has 15 heavy (non-hydrogen) atoms. The fourth-order valence-corrected chi connectivity index (χ4v) is 1.92. The molecule has 0 aliphatic rings. The van der Waals surface area contributed by atoms with Crippen molar-refractivity contribution in [2.24, 2.45) is 0 Å². The first-order valence-corrected chi connectivity index (χ1v) is 5.81. The van der Waals surface area contributed by atoms with Crippen molar-refractivity contribution in [3.63, 3.8) is 0 Å². The number of rotatable bonds is 6. The van der Waals surface area contributed by atoms with E-state index in [1.807, 2.05) is 19.3 Å². The fraction of sp³-hybridized carbons (Fsp3) is 0.750. The van der Waals surface area contributed by atoms with Crippen LogP contribution in [0.1, 0.15) is 45.9 Å². The minimum Gasteiger partial charge on any atom is -0.390 e. The summed E-state index contributed by atoms with van der Waals surface area (Å²) in [5.74, 6) is 0.996. The maximum absolute atomic E-state index is 10.1. The Morgan fingerprint density at radius 2 is 2.13 bits per heavy atom. The monoisotopic (exact) mass is 210 g/mol. The molecular weight excluding hydrogens is 188 g/mol. The van der Waals surface area contributed by atoms with Crippen molar-refractivity contribution in [1.82, 2.24) is 9.55 Å². The Balaban J connectivity index is 2.66. The molecule has 0 amide bonds. The van der Waals surface area contributed by atoms with E-state index in [9.17, 15) is 5.11 Å². The van der Waals surface area contributed by atoms with E-state index in [1.54, 1.807) is 0 Å². The molecule has 3 heteroatoms. The van der Waals surface area contributed by atoms with E-state index in [-0.39, 0.29) is 0 Å². The van der Waals surface area contributed by atoms with Crippen molar-refractivity contribution in [3.8, 4) is 0 Å². The number of hydrogen-bond donors (Lipinski definition) is 1. The molecule has 0 saturated carbocycles. The molecule has 1 heterocycles. The zero-order chi connectivity index (χ0) is 11.3. The summed E-state index contributed by atoms with van der Waals surface area (Å²) in [4.78, 5) is 4.31. The lowest BCUT2D eigenvalue weighted by atomic mass is 9.96. The zero-order valence-corrected chi connectivity index (χ0v) is 10.0. The third-order valence-corrected chi connectivity index (χ3v) is 2.59. The highest BCUT2D eigenvalue weighted by molar-refractivity contribution is 4.97. The van der Waals surface area contributed by atoms with Crippen LogP contribution in [0.2, 0.25) is 0 Å². The van der Waals surface area contributed by atoms with Crippen LogP contribution in [0.4, 0.5) is 0 Å². The molecule has 0 fully saturated rings. The topological polar surface area (TPSA) is 38.0 Å². The van der Waals surface area contributed by atoms with Gasteiger partial charge in [-0.3, -0.25) is 0 Å². The highest BCUT2D eigenvalue weighted by atomic mass is 16.3. The van der Waals surface area contributed by atoms with Crippen LogP contribution in [0, 0.1) is 0 Å². The summed E-state index contributed by atoms with van der Waals surface area (Å²) >= 11 is 0. The average molecular weight is 210 g/mol. The number of nitrogens with zero attached hydrogens (tertiary/aromatic N) is 2. The summed E-state index contributed by atoms with van der Waals surface area (Å²) in [5.41, 5.74) is -0.619. The van der Waals surface area contributed by atoms with E-state index in [0.29, 0.717) is 6.42 Å². The Bertz CT molecular complexity index is 292.